The van der Waals surface area contributed by atoms with E-state index in [1.165, 1.54) is 30.7 Å². The lowest BCUT2D eigenvalue weighted by molar-refractivity contribution is 0.425. The minimum atomic E-state index is -0.539. The first-order chi connectivity index (χ1) is 18.9. The van der Waals surface area contributed by atoms with Crippen LogP contribution in [0.15, 0.2) is 55.1 Å². The first-order valence-corrected chi connectivity index (χ1v) is 12.2. The van der Waals surface area contributed by atoms with E-state index in [1.807, 2.05) is 25.1 Å². The fraction of sp³-hybridized carbons (Fsp3) is 0.148. The van der Waals surface area contributed by atoms with Crippen LogP contribution >= 0.6 is 0 Å². The summed E-state index contributed by atoms with van der Waals surface area (Å²) < 4.78 is 30.4. The second kappa shape index (κ2) is 9.72. The van der Waals surface area contributed by atoms with Crippen molar-refractivity contribution < 1.29 is 8.78 Å². The van der Waals surface area contributed by atoms with E-state index >= 15 is 4.39 Å². The largest absolute Gasteiger partial charge is 0.397 e. The molecule has 0 fully saturated rings. The third-order valence-corrected chi connectivity index (χ3v) is 6.32. The van der Waals surface area contributed by atoms with Gasteiger partial charge < -0.3 is 20.9 Å². The van der Waals surface area contributed by atoms with Gasteiger partial charge in [0.2, 0.25) is 0 Å². The molecule has 6 aromatic rings. The number of aromatic amines is 2. The van der Waals surface area contributed by atoms with Gasteiger partial charge in [0.05, 0.1) is 16.6 Å². The molecule has 6 rings (SSSR count). The number of hydrogen-bond donors (Lipinski definition) is 4. The third-order valence-electron chi connectivity index (χ3n) is 6.32. The Morgan fingerprint density at radius 1 is 0.974 bits per heavy atom. The molecule has 0 spiro atoms. The van der Waals surface area contributed by atoms with Gasteiger partial charge in [-0.3, -0.25) is 10.1 Å². The van der Waals surface area contributed by atoms with Crippen LogP contribution in [-0.2, 0) is 0 Å². The second-order valence-electron chi connectivity index (χ2n) is 9.39. The highest BCUT2D eigenvalue weighted by molar-refractivity contribution is 5.96. The standard InChI is InChI=1S/C27H24F2N10/c1-39(2)6-5-32-18-9-14(7-16(28)10-18)19-3-4-33-26-23(19)35-27(36-26)24-21-22(29)20(13-34-25(21)38-37-24)15-8-17(30)12-31-11-15/h3-4,7-13,32H,5-6,30H2,1-2H3,(H,33,35,36)(H,34,37,38). The fourth-order valence-electron chi connectivity index (χ4n) is 4.47. The van der Waals surface area contributed by atoms with Crippen LogP contribution in [0.2, 0.25) is 0 Å². The molecular formula is C27H24F2N10. The van der Waals surface area contributed by atoms with Crippen molar-refractivity contribution in [3.8, 4) is 33.8 Å². The van der Waals surface area contributed by atoms with Crippen molar-refractivity contribution >= 4 is 33.6 Å². The first-order valence-electron chi connectivity index (χ1n) is 12.2. The van der Waals surface area contributed by atoms with Gasteiger partial charge in [0, 0.05) is 60.3 Å². The molecule has 0 aliphatic heterocycles. The Balaban J connectivity index is 1.43. The van der Waals surface area contributed by atoms with E-state index in [9.17, 15) is 4.39 Å². The number of hydrogen-bond acceptors (Lipinski definition) is 8. The predicted octanol–water partition coefficient (Wildman–Crippen LogP) is 4.46. The number of fused-ring (bicyclic) bond motifs is 2. The lowest BCUT2D eigenvalue weighted by Crippen LogP contribution is -2.20. The normalized spacial score (nSPS) is 11.6. The zero-order chi connectivity index (χ0) is 27.1. The van der Waals surface area contributed by atoms with Crippen LogP contribution in [0.25, 0.3) is 56.0 Å². The van der Waals surface area contributed by atoms with E-state index < -0.39 is 5.82 Å². The molecule has 1 aromatic carbocycles. The van der Waals surface area contributed by atoms with Crippen molar-refractivity contribution in [3.05, 3.63) is 66.8 Å². The first kappa shape index (κ1) is 24.4. The van der Waals surface area contributed by atoms with E-state index in [-0.39, 0.29) is 22.4 Å². The lowest BCUT2D eigenvalue weighted by Gasteiger charge is -2.13. The number of pyridine rings is 3. The summed E-state index contributed by atoms with van der Waals surface area (Å²) in [5.74, 6) is -0.596. The molecule has 10 nitrogen and oxygen atoms in total. The average molecular weight is 527 g/mol. The Bertz CT molecular complexity index is 1830. The van der Waals surface area contributed by atoms with Gasteiger partial charge in [0.25, 0.3) is 0 Å². The third kappa shape index (κ3) is 4.61. The summed E-state index contributed by atoms with van der Waals surface area (Å²) in [7, 11) is 3.95. The summed E-state index contributed by atoms with van der Waals surface area (Å²) in [4.78, 5) is 22.6. The van der Waals surface area contributed by atoms with E-state index in [0.29, 0.717) is 57.3 Å². The SMILES string of the molecule is CN(C)CCNc1cc(F)cc(-c2ccnc3nc(-c4[nH]nc5ncc(-c6cncc(N)c6)c(F)c45)[nH]c23)c1. The van der Waals surface area contributed by atoms with Gasteiger partial charge in [0.1, 0.15) is 17.3 Å². The quantitative estimate of drug-likeness (QED) is 0.239. The maximum atomic E-state index is 15.8. The molecule has 196 valence electrons. The Labute approximate surface area is 221 Å². The highest BCUT2D eigenvalue weighted by Crippen LogP contribution is 2.35. The number of likely N-dealkylation sites (N-methyl/N-ethyl adjacent to an activating group) is 1. The number of nitrogens with zero attached hydrogens (tertiary/aromatic N) is 6. The van der Waals surface area contributed by atoms with Gasteiger partial charge in [-0.15, -0.1) is 0 Å². The molecule has 0 unspecified atom stereocenters. The molecule has 0 atom stereocenters. The molecule has 0 amide bonds. The number of anilines is 2. The van der Waals surface area contributed by atoms with Gasteiger partial charge in [0.15, 0.2) is 17.1 Å². The van der Waals surface area contributed by atoms with Crippen LogP contribution in [-0.4, -0.2) is 67.2 Å². The van der Waals surface area contributed by atoms with Crippen molar-refractivity contribution in [1.82, 2.24) is 40.0 Å². The van der Waals surface area contributed by atoms with Crippen molar-refractivity contribution in [2.24, 2.45) is 0 Å². The molecule has 5 heterocycles. The fourth-order valence-corrected chi connectivity index (χ4v) is 4.47. The molecule has 0 saturated heterocycles. The maximum Gasteiger partial charge on any atom is 0.184 e. The molecule has 5 aromatic heterocycles. The van der Waals surface area contributed by atoms with Crippen molar-refractivity contribution in [2.45, 2.75) is 0 Å². The van der Waals surface area contributed by atoms with Gasteiger partial charge in [-0.25, -0.2) is 23.7 Å². The molecular weight excluding hydrogens is 502 g/mol. The van der Waals surface area contributed by atoms with E-state index in [2.05, 4.69) is 40.4 Å². The van der Waals surface area contributed by atoms with Gasteiger partial charge in [-0.1, -0.05) is 0 Å². The monoisotopic (exact) mass is 526 g/mol. The smallest absolute Gasteiger partial charge is 0.184 e. The second-order valence-corrected chi connectivity index (χ2v) is 9.39. The number of benzene rings is 1. The number of nitrogens with one attached hydrogen (secondary N) is 3. The van der Waals surface area contributed by atoms with Crippen molar-refractivity contribution in [3.63, 3.8) is 0 Å². The van der Waals surface area contributed by atoms with E-state index in [4.69, 9.17) is 5.73 Å². The molecule has 0 aliphatic rings. The summed E-state index contributed by atoms with van der Waals surface area (Å²) in [5.41, 5.74) is 10.4. The van der Waals surface area contributed by atoms with Crippen molar-refractivity contribution in [1.29, 1.82) is 0 Å². The number of imidazole rings is 1. The maximum absolute atomic E-state index is 15.8. The molecule has 0 bridgehead atoms. The summed E-state index contributed by atoms with van der Waals surface area (Å²) in [6.45, 7) is 1.46. The Morgan fingerprint density at radius 2 is 1.85 bits per heavy atom. The molecule has 12 heteroatoms. The van der Waals surface area contributed by atoms with Gasteiger partial charge in [-0.05, 0) is 50.0 Å². The molecule has 0 radical (unpaired) electrons. The minimum absolute atomic E-state index is 0.161. The van der Waals surface area contributed by atoms with Crippen LogP contribution in [0.5, 0.6) is 0 Å². The summed E-state index contributed by atoms with van der Waals surface area (Å²) in [5, 5.41) is 10.4. The zero-order valence-electron chi connectivity index (χ0n) is 21.1. The summed E-state index contributed by atoms with van der Waals surface area (Å²) >= 11 is 0. The van der Waals surface area contributed by atoms with Crippen LogP contribution in [0.4, 0.5) is 20.2 Å². The number of nitrogen functional groups attached to an aromatic ring is 1. The molecule has 5 N–H and O–H groups in total. The number of rotatable bonds is 7. The van der Waals surface area contributed by atoms with E-state index in [0.717, 1.165) is 6.54 Å². The number of H-pyrrole nitrogens is 2. The molecule has 39 heavy (non-hydrogen) atoms. The Kier molecular flexibility index (Phi) is 6.08. The average Bonchev–Trinajstić information content (AvgIpc) is 3.53. The van der Waals surface area contributed by atoms with Crippen LogP contribution < -0.4 is 11.1 Å². The highest BCUT2D eigenvalue weighted by Gasteiger charge is 2.21. The number of halogens is 2. The minimum Gasteiger partial charge on any atom is -0.397 e. The Hall–Kier alpha value is -4.97. The van der Waals surface area contributed by atoms with Crippen LogP contribution in [0.1, 0.15) is 0 Å². The van der Waals surface area contributed by atoms with Crippen LogP contribution in [0, 0.1) is 11.6 Å². The number of nitrogens with two attached hydrogens (primary N) is 1. The van der Waals surface area contributed by atoms with E-state index in [1.54, 1.807) is 18.3 Å². The highest BCUT2D eigenvalue weighted by atomic mass is 19.1. The van der Waals surface area contributed by atoms with Crippen molar-refractivity contribution in [2.75, 3.05) is 38.2 Å². The zero-order valence-corrected chi connectivity index (χ0v) is 21.1. The predicted molar refractivity (Wildman–Crippen MR) is 147 cm³/mol. The lowest BCUT2D eigenvalue weighted by atomic mass is 10.0. The molecule has 0 saturated carbocycles. The topological polar surface area (TPSA) is 137 Å². The number of aromatic nitrogens is 7. The van der Waals surface area contributed by atoms with Gasteiger partial charge in [-0.2, -0.15) is 5.10 Å². The summed E-state index contributed by atoms with van der Waals surface area (Å²) in [6, 6.07) is 8.18. The molecule has 0 aliphatic carbocycles. The van der Waals surface area contributed by atoms with Gasteiger partial charge >= 0.3 is 0 Å². The van der Waals surface area contributed by atoms with Crippen LogP contribution in [0.3, 0.4) is 0 Å². The Morgan fingerprint density at radius 3 is 2.67 bits per heavy atom. The summed E-state index contributed by atoms with van der Waals surface area (Å²) in [6.07, 6.45) is 5.99.